The number of hydrogen-bond donors (Lipinski definition) is 1. The van der Waals surface area contributed by atoms with Crippen molar-refractivity contribution in [2.24, 2.45) is 0 Å². The predicted octanol–water partition coefficient (Wildman–Crippen LogP) is 6.44. The fourth-order valence-electron chi connectivity index (χ4n) is 4.14. The van der Waals surface area contributed by atoms with Crippen molar-refractivity contribution in [3.8, 4) is 23.1 Å². The molecule has 1 aliphatic rings. The van der Waals surface area contributed by atoms with E-state index < -0.39 is 0 Å². The maximum Gasteiger partial charge on any atom is 0.235 e. The van der Waals surface area contributed by atoms with E-state index in [4.69, 9.17) is 11.6 Å². The van der Waals surface area contributed by atoms with Gasteiger partial charge < -0.3 is 5.32 Å². The highest BCUT2D eigenvalue weighted by Crippen LogP contribution is 2.38. The number of amides is 1. The number of thiophene rings is 1. The van der Waals surface area contributed by atoms with Gasteiger partial charge in [-0.3, -0.25) is 9.36 Å². The van der Waals surface area contributed by atoms with Gasteiger partial charge in [0.2, 0.25) is 5.91 Å². The summed E-state index contributed by atoms with van der Waals surface area (Å²) in [6, 6.07) is 17.8. The number of fused-ring (bicyclic) bond motifs is 1. The summed E-state index contributed by atoms with van der Waals surface area (Å²) < 4.78 is 1.95. The molecule has 0 spiro atoms. The maximum absolute atomic E-state index is 12.9. The van der Waals surface area contributed by atoms with E-state index in [0.29, 0.717) is 26.6 Å². The Bertz CT molecular complexity index is 1420. The van der Waals surface area contributed by atoms with Gasteiger partial charge in [-0.05, 0) is 74.6 Å². The average Bonchev–Trinajstić information content (AvgIpc) is 3.44. The summed E-state index contributed by atoms with van der Waals surface area (Å²) in [4.78, 5) is 14.1. The summed E-state index contributed by atoms with van der Waals surface area (Å²) in [6.07, 6.45) is 4.11. The van der Waals surface area contributed by atoms with Crippen LogP contribution in [0.25, 0.3) is 17.1 Å². The molecule has 0 fully saturated rings. The lowest BCUT2D eigenvalue weighted by atomic mass is 9.96. The number of nitriles is 1. The molecule has 1 amide bonds. The van der Waals surface area contributed by atoms with Crippen LogP contribution < -0.4 is 5.32 Å². The molecule has 0 unspecified atom stereocenters. The van der Waals surface area contributed by atoms with Gasteiger partial charge in [0.25, 0.3) is 0 Å². The Hall–Kier alpha value is -3.12. The van der Waals surface area contributed by atoms with Crippen LogP contribution in [0, 0.1) is 18.3 Å². The van der Waals surface area contributed by atoms with Gasteiger partial charge in [-0.1, -0.05) is 41.1 Å². The number of aromatic nitrogens is 3. The number of halogens is 1. The molecule has 4 aromatic rings. The van der Waals surface area contributed by atoms with E-state index in [1.807, 2.05) is 60.0 Å². The van der Waals surface area contributed by atoms with Crippen LogP contribution in [-0.2, 0) is 17.6 Å². The number of nitrogens with one attached hydrogen (secondary N) is 1. The molecule has 9 heteroatoms. The lowest BCUT2D eigenvalue weighted by Gasteiger charge is -2.11. The topological polar surface area (TPSA) is 83.6 Å². The lowest BCUT2D eigenvalue weighted by Crippen LogP contribution is -2.14. The van der Waals surface area contributed by atoms with E-state index in [2.05, 4.69) is 21.6 Å². The Labute approximate surface area is 217 Å². The number of anilines is 1. The number of hydrogen-bond acceptors (Lipinski definition) is 6. The fourth-order valence-corrected chi connectivity index (χ4v) is 6.27. The predicted molar refractivity (Wildman–Crippen MR) is 142 cm³/mol. The summed E-state index contributed by atoms with van der Waals surface area (Å²) in [5.41, 5.74) is 4.66. The van der Waals surface area contributed by atoms with Crippen molar-refractivity contribution in [1.82, 2.24) is 14.8 Å². The van der Waals surface area contributed by atoms with Crippen molar-refractivity contribution in [1.29, 1.82) is 5.26 Å². The monoisotopic (exact) mass is 519 g/mol. The van der Waals surface area contributed by atoms with Crippen LogP contribution in [0.5, 0.6) is 0 Å². The largest absolute Gasteiger partial charge is 0.316 e. The zero-order chi connectivity index (χ0) is 24.4. The van der Waals surface area contributed by atoms with Crippen LogP contribution in [0.15, 0.2) is 53.7 Å². The molecule has 0 radical (unpaired) electrons. The summed E-state index contributed by atoms with van der Waals surface area (Å²) in [7, 11) is 0. The van der Waals surface area contributed by atoms with Crippen molar-refractivity contribution in [3.63, 3.8) is 0 Å². The van der Waals surface area contributed by atoms with Crippen LogP contribution in [0.3, 0.4) is 0 Å². The third-order valence-electron chi connectivity index (χ3n) is 5.90. The Kier molecular flexibility index (Phi) is 6.91. The number of rotatable bonds is 6. The fraction of sp³-hybridized carbons (Fsp3) is 0.231. The molecule has 2 aromatic heterocycles. The van der Waals surface area contributed by atoms with Crippen molar-refractivity contribution in [3.05, 3.63) is 75.1 Å². The minimum atomic E-state index is -0.170. The third-order valence-corrected chi connectivity index (χ3v) is 8.28. The van der Waals surface area contributed by atoms with E-state index in [1.165, 1.54) is 28.0 Å². The number of thioether (sulfide) groups is 1. The highest BCUT2D eigenvalue weighted by Gasteiger charge is 2.22. The van der Waals surface area contributed by atoms with Gasteiger partial charge in [0, 0.05) is 21.2 Å². The first kappa shape index (κ1) is 23.6. The highest BCUT2D eigenvalue weighted by molar-refractivity contribution is 7.99. The van der Waals surface area contributed by atoms with Gasteiger partial charge in [-0.2, -0.15) is 5.26 Å². The minimum Gasteiger partial charge on any atom is -0.316 e. The van der Waals surface area contributed by atoms with E-state index in [9.17, 15) is 10.1 Å². The van der Waals surface area contributed by atoms with Crippen molar-refractivity contribution in [2.75, 3.05) is 11.1 Å². The van der Waals surface area contributed by atoms with Gasteiger partial charge in [-0.15, -0.1) is 21.5 Å². The molecule has 6 nitrogen and oxygen atoms in total. The van der Waals surface area contributed by atoms with E-state index >= 15 is 0 Å². The lowest BCUT2D eigenvalue weighted by molar-refractivity contribution is -0.113. The maximum atomic E-state index is 12.9. The Morgan fingerprint density at radius 2 is 1.89 bits per heavy atom. The molecule has 0 saturated carbocycles. The van der Waals surface area contributed by atoms with Crippen LogP contribution in [0.2, 0.25) is 5.02 Å². The molecule has 5 rings (SSSR count). The third kappa shape index (κ3) is 4.98. The molecular weight excluding hydrogens is 498 g/mol. The SMILES string of the molecule is Cc1ccc(-n2c(SCC(=O)Nc3sc4c(c3C#N)CCCC4)nnc2-c2ccc(Cl)cc2)cc1. The number of aryl methyl sites for hydroxylation is 2. The smallest absolute Gasteiger partial charge is 0.235 e. The van der Waals surface area contributed by atoms with Crippen LogP contribution >= 0.6 is 34.7 Å². The van der Waals surface area contributed by atoms with Crippen LogP contribution in [0.1, 0.15) is 34.4 Å². The van der Waals surface area contributed by atoms with Gasteiger partial charge >= 0.3 is 0 Å². The molecule has 1 aliphatic carbocycles. The Balaban J connectivity index is 1.39. The molecule has 0 aliphatic heterocycles. The van der Waals surface area contributed by atoms with Crippen molar-refractivity contribution in [2.45, 2.75) is 37.8 Å². The van der Waals surface area contributed by atoms with Crippen molar-refractivity contribution < 1.29 is 4.79 Å². The van der Waals surface area contributed by atoms with Gasteiger partial charge in [0.05, 0.1) is 11.3 Å². The van der Waals surface area contributed by atoms with Gasteiger partial charge in [-0.25, -0.2) is 0 Å². The number of carbonyl (C=O) groups is 1. The minimum absolute atomic E-state index is 0.151. The summed E-state index contributed by atoms with van der Waals surface area (Å²) in [6.45, 7) is 2.04. The average molecular weight is 520 g/mol. The van der Waals surface area contributed by atoms with E-state index in [-0.39, 0.29) is 11.7 Å². The zero-order valence-corrected chi connectivity index (χ0v) is 21.4. The number of carbonyl (C=O) groups excluding carboxylic acids is 1. The second-order valence-corrected chi connectivity index (χ2v) is 10.8. The molecular formula is C26H22ClN5OS2. The molecule has 176 valence electrons. The van der Waals surface area contributed by atoms with Crippen molar-refractivity contribution >= 4 is 45.6 Å². The van der Waals surface area contributed by atoms with E-state index in [1.54, 1.807) is 0 Å². The Morgan fingerprint density at radius 3 is 2.63 bits per heavy atom. The first-order valence-electron chi connectivity index (χ1n) is 11.3. The first-order valence-corrected chi connectivity index (χ1v) is 13.5. The second kappa shape index (κ2) is 10.2. The zero-order valence-electron chi connectivity index (χ0n) is 19.0. The normalized spacial score (nSPS) is 12.7. The highest BCUT2D eigenvalue weighted by atomic mass is 35.5. The van der Waals surface area contributed by atoms with Gasteiger partial charge in [0.1, 0.15) is 11.1 Å². The molecule has 2 aromatic carbocycles. The number of nitrogens with zero attached hydrogens (tertiary/aromatic N) is 4. The molecule has 0 saturated heterocycles. The van der Waals surface area contributed by atoms with E-state index in [0.717, 1.165) is 48.1 Å². The molecule has 0 bridgehead atoms. The molecule has 2 heterocycles. The van der Waals surface area contributed by atoms with Crippen LogP contribution in [0.4, 0.5) is 5.00 Å². The van der Waals surface area contributed by atoms with Crippen LogP contribution in [-0.4, -0.2) is 26.4 Å². The standard InChI is InChI=1S/C26H22ClN5OS2/c1-16-6-12-19(13-7-16)32-24(17-8-10-18(27)11-9-17)30-31-26(32)34-15-23(33)29-25-21(14-28)20-4-2-3-5-22(20)35-25/h6-13H,2-5,15H2,1H3,(H,29,33). The summed E-state index contributed by atoms with van der Waals surface area (Å²) in [5, 5.41) is 23.4. The molecule has 0 atom stereocenters. The summed E-state index contributed by atoms with van der Waals surface area (Å²) >= 11 is 8.92. The molecule has 35 heavy (non-hydrogen) atoms. The quantitative estimate of drug-likeness (QED) is 0.296. The molecule has 1 N–H and O–H groups in total. The first-order chi connectivity index (χ1) is 17.0. The second-order valence-electron chi connectivity index (χ2n) is 8.35. The number of benzene rings is 2. The summed E-state index contributed by atoms with van der Waals surface area (Å²) in [5.74, 6) is 0.653. The van der Waals surface area contributed by atoms with Gasteiger partial charge in [0.15, 0.2) is 11.0 Å². The Morgan fingerprint density at radius 1 is 1.14 bits per heavy atom.